The van der Waals surface area contributed by atoms with Crippen LogP contribution in [-0.4, -0.2) is 5.11 Å². The van der Waals surface area contributed by atoms with Crippen molar-refractivity contribution in [3.63, 3.8) is 0 Å². The zero-order valence-electron chi connectivity index (χ0n) is 9.95. The third kappa shape index (κ3) is 5.00. The summed E-state index contributed by atoms with van der Waals surface area (Å²) in [7, 11) is 0. The fraction of sp³-hybridized carbons (Fsp3) is 0.467. The second-order valence-electron chi connectivity index (χ2n) is 3.94. The molecule has 1 N–H and O–H groups in total. The Morgan fingerprint density at radius 1 is 1.12 bits per heavy atom. The fourth-order valence-electron chi connectivity index (χ4n) is 1.51. The van der Waals surface area contributed by atoms with E-state index in [9.17, 15) is 5.11 Å². The number of aliphatic hydroxyl groups is 1. The second kappa shape index (κ2) is 7.96. The molecule has 0 bridgehead atoms. The van der Waals surface area contributed by atoms with Gasteiger partial charge in [0.1, 0.15) is 0 Å². The van der Waals surface area contributed by atoms with Gasteiger partial charge in [0.2, 0.25) is 0 Å². The van der Waals surface area contributed by atoms with Crippen molar-refractivity contribution in [2.45, 2.75) is 45.1 Å². The van der Waals surface area contributed by atoms with E-state index in [0.29, 0.717) is 6.42 Å². The van der Waals surface area contributed by atoms with Gasteiger partial charge in [-0.15, -0.1) is 11.8 Å². The van der Waals surface area contributed by atoms with Crippen molar-refractivity contribution < 1.29 is 5.11 Å². The molecule has 0 aliphatic carbocycles. The SMILES string of the molecule is CCCCCC#CCC(O)c1ccccc1. The highest BCUT2D eigenvalue weighted by molar-refractivity contribution is 5.19. The van der Waals surface area contributed by atoms with E-state index < -0.39 is 6.10 Å². The van der Waals surface area contributed by atoms with Crippen LogP contribution in [-0.2, 0) is 0 Å². The molecule has 0 saturated carbocycles. The van der Waals surface area contributed by atoms with Crippen molar-refractivity contribution in [1.29, 1.82) is 0 Å². The van der Waals surface area contributed by atoms with Crippen LogP contribution in [0, 0.1) is 11.8 Å². The Morgan fingerprint density at radius 2 is 1.88 bits per heavy atom. The van der Waals surface area contributed by atoms with Gasteiger partial charge in [0.05, 0.1) is 6.10 Å². The quantitative estimate of drug-likeness (QED) is 0.588. The van der Waals surface area contributed by atoms with Crippen molar-refractivity contribution in [1.82, 2.24) is 0 Å². The van der Waals surface area contributed by atoms with Gasteiger partial charge in [0.25, 0.3) is 0 Å². The topological polar surface area (TPSA) is 20.2 Å². The predicted molar refractivity (Wildman–Crippen MR) is 67.9 cm³/mol. The molecule has 1 rings (SSSR count). The van der Waals surface area contributed by atoms with Gasteiger partial charge in [-0.3, -0.25) is 0 Å². The molecule has 0 amide bonds. The molecule has 16 heavy (non-hydrogen) atoms. The van der Waals surface area contributed by atoms with Crippen molar-refractivity contribution in [2.75, 3.05) is 0 Å². The first kappa shape index (κ1) is 12.8. The average molecular weight is 216 g/mol. The molecule has 0 aromatic heterocycles. The summed E-state index contributed by atoms with van der Waals surface area (Å²) in [5, 5.41) is 9.82. The number of unbranched alkanes of at least 4 members (excludes halogenated alkanes) is 3. The number of rotatable bonds is 5. The van der Waals surface area contributed by atoms with Crippen molar-refractivity contribution in [2.24, 2.45) is 0 Å². The van der Waals surface area contributed by atoms with Crippen LogP contribution >= 0.6 is 0 Å². The number of benzene rings is 1. The highest BCUT2D eigenvalue weighted by Gasteiger charge is 2.03. The zero-order chi connectivity index (χ0) is 11.6. The first-order chi connectivity index (χ1) is 7.84. The molecule has 0 aliphatic heterocycles. The van der Waals surface area contributed by atoms with Crippen LogP contribution in [0.3, 0.4) is 0 Å². The summed E-state index contributed by atoms with van der Waals surface area (Å²) < 4.78 is 0. The van der Waals surface area contributed by atoms with Crippen LogP contribution in [0.1, 0.15) is 50.7 Å². The Bertz CT molecular complexity index is 331. The summed E-state index contributed by atoms with van der Waals surface area (Å²) in [6, 6.07) is 9.69. The van der Waals surface area contributed by atoms with Gasteiger partial charge in [0, 0.05) is 12.8 Å². The van der Waals surface area contributed by atoms with E-state index >= 15 is 0 Å². The lowest BCUT2D eigenvalue weighted by atomic mass is 10.1. The Kier molecular flexibility index (Phi) is 6.37. The van der Waals surface area contributed by atoms with Crippen LogP contribution in [0.5, 0.6) is 0 Å². The van der Waals surface area contributed by atoms with E-state index in [4.69, 9.17) is 0 Å². The van der Waals surface area contributed by atoms with E-state index in [0.717, 1.165) is 12.0 Å². The Morgan fingerprint density at radius 3 is 2.56 bits per heavy atom. The third-order valence-electron chi connectivity index (χ3n) is 2.51. The van der Waals surface area contributed by atoms with Gasteiger partial charge >= 0.3 is 0 Å². The van der Waals surface area contributed by atoms with Crippen LogP contribution in [0.25, 0.3) is 0 Å². The standard InChI is InChI=1S/C15H20O/c1-2-3-4-5-6-10-13-15(16)14-11-8-7-9-12-14/h7-9,11-12,15-16H,2-5,13H2,1H3. The molecule has 0 spiro atoms. The monoisotopic (exact) mass is 216 g/mol. The molecular weight excluding hydrogens is 196 g/mol. The minimum absolute atomic E-state index is 0.445. The normalized spacial score (nSPS) is 11.6. The molecule has 1 atom stereocenters. The lowest BCUT2D eigenvalue weighted by molar-refractivity contribution is 0.184. The summed E-state index contributed by atoms with van der Waals surface area (Å²) >= 11 is 0. The molecule has 0 heterocycles. The minimum Gasteiger partial charge on any atom is -0.387 e. The van der Waals surface area contributed by atoms with Gasteiger partial charge in [-0.1, -0.05) is 50.1 Å². The summed E-state index contributed by atoms with van der Waals surface area (Å²) in [6.07, 6.45) is 4.69. The van der Waals surface area contributed by atoms with E-state index in [1.807, 2.05) is 30.3 Å². The number of hydrogen-bond acceptors (Lipinski definition) is 1. The second-order valence-corrected chi connectivity index (χ2v) is 3.94. The van der Waals surface area contributed by atoms with Crippen LogP contribution in [0.15, 0.2) is 30.3 Å². The largest absolute Gasteiger partial charge is 0.387 e. The minimum atomic E-state index is -0.445. The zero-order valence-corrected chi connectivity index (χ0v) is 9.95. The average Bonchev–Trinajstić information content (AvgIpc) is 2.34. The van der Waals surface area contributed by atoms with Crippen LogP contribution in [0.2, 0.25) is 0 Å². The lowest BCUT2D eigenvalue weighted by Gasteiger charge is -2.05. The fourth-order valence-corrected chi connectivity index (χ4v) is 1.51. The molecule has 1 aromatic carbocycles. The Labute approximate surface area is 98.5 Å². The van der Waals surface area contributed by atoms with E-state index in [1.54, 1.807) is 0 Å². The van der Waals surface area contributed by atoms with Gasteiger partial charge < -0.3 is 5.11 Å². The van der Waals surface area contributed by atoms with Crippen molar-refractivity contribution in [3.05, 3.63) is 35.9 Å². The van der Waals surface area contributed by atoms with E-state index in [2.05, 4.69) is 18.8 Å². The first-order valence-electron chi connectivity index (χ1n) is 6.03. The maximum absolute atomic E-state index is 9.82. The number of hydrogen-bond donors (Lipinski definition) is 1. The maximum atomic E-state index is 9.82. The van der Waals surface area contributed by atoms with Gasteiger partial charge in [-0.05, 0) is 12.0 Å². The summed E-state index contributed by atoms with van der Waals surface area (Å²) in [5.41, 5.74) is 0.949. The molecule has 0 aliphatic rings. The molecule has 0 fully saturated rings. The van der Waals surface area contributed by atoms with Crippen LogP contribution in [0.4, 0.5) is 0 Å². The van der Waals surface area contributed by atoms with Crippen molar-refractivity contribution >= 4 is 0 Å². The highest BCUT2D eigenvalue weighted by atomic mass is 16.3. The Balaban J connectivity index is 2.27. The van der Waals surface area contributed by atoms with E-state index in [-0.39, 0.29) is 0 Å². The molecular formula is C15H20O. The molecule has 1 nitrogen and oxygen atoms in total. The molecule has 0 radical (unpaired) electrons. The highest BCUT2D eigenvalue weighted by Crippen LogP contribution is 2.14. The van der Waals surface area contributed by atoms with Gasteiger partial charge in [0.15, 0.2) is 0 Å². The number of aliphatic hydroxyl groups excluding tert-OH is 1. The Hall–Kier alpha value is -1.26. The molecule has 1 heteroatoms. The smallest absolute Gasteiger partial charge is 0.0899 e. The maximum Gasteiger partial charge on any atom is 0.0899 e. The van der Waals surface area contributed by atoms with Gasteiger partial charge in [-0.25, -0.2) is 0 Å². The summed E-state index contributed by atoms with van der Waals surface area (Å²) in [4.78, 5) is 0. The summed E-state index contributed by atoms with van der Waals surface area (Å²) in [6.45, 7) is 2.19. The molecule has 0 saturated heterocycles. The predicted octanol–water partition coefficient (Wildman–Crippen LogP) is 3.69. The molecule has 1 aromatic rings. The van der Waals surface area contributed by atoms with E-state index in [1.165, 1.54) is 19.3 Å². The lowest BCUT2D eigenvalue weighted by Crippen LogP contribution is -1.94. The van der Waals surface area contributed by atoms with Gasteiger partial charge in [-0.2, -0.15) is 0 Å². The van der Waals surface area contributed by atoms with Crippen LogP contribution < -0.4 is 0 Å². The molecule has 86 valence electrons. The van der Waals surface area contributed by atoms with Crippen molar-refractivity contribution in [3.8, 4) is 11.8 Å². The molecule has 1 unspecified atom stereocenters. The third-order valence-corrected chi connectivity index (χ3v) is 2.51. The first-order valence-corrected chi connectivity index (χ1v) is 6.03. The summed E-state index contributed by atoms with van der Waals surface area (Å²) in [5.74, 6) is 6.15.